The van der Waals surface area contributed by atoms with Gasteiger partial charge in [0.05, 0.1) is 5.69 Å². The summed E-state index contributed by atoms with van der Waals surface area (Å²) >= 11 is 5.89. The Bertz CT molecular complexity index is 621. The minimum atomic E-state index is -2.68. The Morgan fingerprint density at radius 1 is 1.45 bits per heavy atom. The lowest BCUT2D eigenvalue weighted by molar-refractivity contribution is 0.0568. The fourth-order valence-electron chi connectivity index (χ4n) is 1.92. The molecule has 0 radical (unpaired) electrons. The van der Waals surface area contributed by atoms with E-state index in [1.807, 2.05) is 6.92 Å². The quantitative estimate of drug-likeness (QED) is 0.763. The highest BCUT2D eigenvalue weighted by molar-refractivity contribution is 6.29. The Labute approximate surface area is 131 Å². The molecule has 2 rings (SSSR count). The molecular formula is C14H17ClF2N4O. The minimum Gasteiger partial charge on any atom is -0.396 e. The van der Waals surface area contributed by atoms with Crippen LogP contribution in [0.4, 0.5) is 14.5 Å². The molecular weight excluding hydrogens is 314 g/mol. The molecule has 0 unspecified atom stereocenters. The van der Waals surface area contributed by atoms with E-state index in [4.69, 9.17) is 16.7 Å². The van der Waals surface area contributed by atoms with Crippen LogP contribution < -0.4 is 5.32 Å². The molecule has 0 bridgehead atoms. The van der Waals surface area contributed by atoms with Crippen molar-refractivity contribution in [2.45, 2.75) is 19.9 Å². The second kappa shape index (κ2) is 7.51. The van der Waals surface area contributed by atoms with E-state index < -0.39 is 6.55 Å². The number of halogens is 3. The number of nitrogens with zero attached hydrogens (tertiary/aromatic N) is 3. The van der Waals surface area contributed by atoms with Gasteiger partial charge in [-0.3, -0.25) is 0 Å². The lowest BCUT2D eigenvalue weighted by atomic mass is 10.1. The van der Waals surface area contributed by atoms with Crippen molar-refractivity contribution >= 4 is 17.3 Å². The third-order valence-corrected chi connectivity index (χ3v) is 3.43. The van der Waals surface area contributed by atoms with Crippen molar-refractivity contribution in [1.29, 1.82) is 0 Å². The van der Waals surface area contributed by atoms with Crippen LogP contribution in [-0.2, 0) is 0 Å². The zero-order valence-electron chi connectivity index (χ0n) is 12.0. The highest BCUT2D eigenvalue weighted by atomic mass is 35.5. The number of hydrogen-bond donors (Lipinski definition) is 2. The molecule has 120 valence electrons. The van der Waals surface area contributed by atoms with Gasteiger partial charge in [0, 0.05) is 36.8 Å². The number of rotatable bonds is 7. The van der Waals surface area contributed by atoms with Gasteiger partial charge in [0.1, 0.15) is 5.15 Å². The Hall–Kier alpha value is -1.73. The van der Waals surface area contributed by atoms with Crippen LogP contribution in [0.5, 0.6) is 0 Å². The maximum atomic E-state index is 12.6. The first-order chi connectivity index (χ1) is 10.5. The number of nitrogens with one attached hydrogen (secondary N) is 1. The van der Waals surface area contributed by atoms with Gasteiger partial charge in [-0.2, -0.15) is 13.9 Å². The molecule has 0 spiro atoms. The van der Waals surface area contributed by atoms with E-state index >= 15 is 0 Å². The van der Waals surface area contributed by atoms with Crippen molar-refractivity contribution in [3.8, 4) is 11.3 Å². The highest BCUT2D eigenvalue weighted by Gasteiger charge is 2.13. The molecule has 0 saturated carbocycles. The second-order valence-electron chi connectivity index (χ2n) is 5.01. The van der Waals surface area contributed by atoms with Gasteiger partial charge in [0.15, 0.2) is 0 Å². The van der Waals surface area contributed by atoms with E-state index in [1.165, 1.54) is 18.5 Å². The van der Waals surface area contributed by atoms with E-state index in [0.29, 0.717) is 33.3 Å². The van der Waals surface area contributed by atoms with Gasteiger partial charge in [0.25, 0.3) is 0 Å². The largest absolute Gasteiger partial charge is 0.396 e. The molecule has 0 saturated heterocycles. The van der Waals surface area contributed by atoms with Crippen LogP contribution >= 0.6 is 11.6 Å². The Kier molecular flexibility index (Phi) is 5.68. The first kappa shape index (κ1) is 16.6. The fraction of sp³-hybridized carbons (Fsp3) is 0.429. The van der Waals surface area contributed by atoms with Crippen LogP contribution in [0.25, 0.3) is 11.3 Å². The molecule has 0 aromatic carbocycles. The first-order valence-corrected chi connectivity index (χ1v) is 7.23. The third-order valence-electron chi connectivity index (χ3n) is 3.22. The molecule has 22 heavy (non-hydrogen) atoms. The molecule has 0 amide bonds. The molecule has 0 aliphatic heterocycles. The number of aliphatic hydroxyl groups excluding tert-OH is 1. The molecule has 2 aromatic rings. The average Bonchev–Trinajstić information content (AvgIpc) is 2.97. The molecule has 0 fully saturated rings. The van der Waals surface area contributed by atoms with Crippen molar-refractivity contribution in [3.63, 3.8) is 0 Å². The van der Waals surface area contributed by atoms with Gasteiger partial charge in [-0.15, -0.1) is 0 Å². The average molecular weight is 331 g/mol. The van der Waals surface area contributed by atoms with Gasteiger partial charge in [-0.05, 0) is 24.5 Å². The predicted molar refractivity (Wildman–Crippen MR) is 81.1 cm³/mol. The summed E-state index contributed by atoms with van der Waals surface area (Å²) in [5.41, 5.74) is 1.66. The third kappa shape index (κ3) is 4.14. The Morgan fingerprint density at radius 2 is 2.23 bits per heavy atom. The number of pyridine rings is 1. The lowest BCUT2D eigenvalue weighted by Gasteiger charge is -2.13. The number of aromatic nitrogens is 3. The van der Waals surface area contributed by atoms with Crippen LogP contribution in [-0.4, -0.2) is 33.0 Å². The van der Waals surface area contributed by atoms with Crippen molar-refractivity contribution in [3.05, 3.63) is 29.7 Å². The zero-order chi connectivity index (χ0) is 16.1. The van der Waals surface area contributed by atoms with E-state index in [1.54, 1.807) is 6.07 Å². The van der Waals surface area contributed by atoms with Crippen LogP contribution in [0.15, 0.2) is 24.5 Å². The monoisotopic (exact) mass is 330 g/mol. The van der Waals surface area contributed by atoms with E-state index in [9.17, 15) is 8.78 Å². The summed E-state index contributed by atoms with van der Waals surface area (Å²) in [5, 5.41) is 16.3. The van der Waals surface area contributed by atoms with Crippen LogP contribution in [0.3, 0.4) is 0 Å². The molecule has 0 aliphatic carbocycles. The molecule has 8 heteroatoms. The van der Waals surface area contributed by atoms with Gasteiger partial charge in [-0.25, -0.2) is 9.67 Å². The van der Waals surface area contributed by atoms with Crippen molar-refractivity contribution < 1.29 is 13.9 Å². The Morgan fingerprint density at radius 3 is 2.86 bits per heavy atom. The maximum absolute atomic E-state index is 12.6. The SMILES string of the molecule is C[C@@H](CO)CCNc1cc(Cl)ncc1-c1ccn(C(F)F)n1. The topological polar surface area (TPSA) is 63.0 Å². The summed E-state index contributed by atoms with van der Waals surface area (Å²) in [4.78, 5) is 3.98. The summed E-state index contributed by atoms with van der Waals surface area (Å²) in [6.45, 7) is -0.0163. The van der Waals surface area contributed by atoms with Crippen molar-refractivity contribution in [2.24, 2.45) is 5.92 Å². The molecule has 2 N–H and O–H groups in total. The van der Waals surface area contributed by atoms with Crippen LogP contribution in [0.1, 0.15) is 19.9 Å². The summed E-state index contributed by atoms with van der Waals surface area (Å²) in [7, 11) is 0. The predicted octanol–water partition coefficient (Wildman–Crippen LogP) is 3.42. The summed E-state index contributed by atoms with van der Waals surface area (Å²) in [5.74, 6) is 0.173. The Balaban J connectivity index is 2.19. The molecule has 1 atom stereocenters. The lowest BCUT2D eigenvalue weighted by Crippen LogP contribution is -2.10. The zero-order valence-corrected chi connectivity index (χ0v) is 12.8. The maximum Gasteiger partial charge on any atom is 0.333 e. The second-order valence-corrected chi connectivity index (χ2v) is 5.40. The summed E-state index contributed by atoms with van der Waals surface area (Å²) in [6, 6.07) is 3.13. The minimum absolute atomic E-state index is 0.116. The number of alkyl halides is 2. The van der Waals surface area contributed by atoms with E-state index in [-0.39, 0.29) is 12.5 Å². The first-order valence-electron chi connectivity index (χ1n) is 6.85. The number of hydrogen-bond acceptors (Lipinski definition) is 4. The van der Waals surface area contributed by atoms with Crippen LogP contribution in [0, 0.1) is 5.92 Å². The van der Waals surface area contributed by atoms with Gasteiger partial charge < -0.3 is 10.4 Å². The van der Waals surface area contributed by atoms with Crippen molar-refractivity contribution in [1.82, 2.24) is 14.8 Å². The molecule has 2 heterocycles. The summed E-state index contributed by atoms with van der Waals surface area (Å²) < 4.78 is 25.8. The standard InChI is InChI=1S/C14H17ClF2N4O/c1-9(8-22)2-4-18-12-6-13(15)19-7-10(12)11-3-5-21(20-11)14(16)17/h3,5-7,9,14,22H,2,4,8H2,1H3,(H,18,19)/t9-/m1/s1. The smallest absolute Gasteiger partial charge is 0.333 e. The number of anilines is 1. The van der Waals surface area contributed by atoms with E-state index in [0.717, 1.165) is 6.42 Å². The summed E-state index contributed by atoms with van der Waals surface area (Å²) in [6.07, 6.45) is 3.48. The van der Waals surface area contributed by atoms with Gasteiger partial charge >= 0.3 is 6.55 Å². The molecule has 5 nitrogen and oxygen atoms in total. The van der Waals surface area contributed by atoms with E-state index in [2.05, 4.69) is 15.4 Å². The van der Waals surface area contributed by atoms with Crippen molar-refractivity contribution in [2.75, 3.05) is 18.5 Å². The fourth-order valence-corrected chi connectivity index (χ4v) is 2.07. The van der Waals surface area contributed by atoms with Gasteiger partial charge in [0.2, 0.25) is 0 Å². The van der Waals surface area contributed by atoms with Gasteiger partial charge in [-0.1, -0.05) is 18.5 Å². The molecule has 2 aromatic heterocycles. The highest BCUT2D eigenvalue weighted by Crippen LogP contribution is 2.28. The number of aliphatic hydroxyl groups is 1. The normalized spacial score (nSPS) is 12.6. The molecule has 0 aliphatic rings. The van der Waals surface area contributed by atoms with Crippen LogP contribution in [0.2, 0.25) is 5.15 Å².